The summed E-state index contributed by atoms with van der Waals surface area (Å²) in [6.07, 6.45) is 6.65. The summed E-state index contributed by atoms with van der Waals surface area (Å²) in [5.41, 5.74) is -0.0334. The molecule has 0 aliphatic heterocycles. The van der Waals surface area contributed by atoms with Crippen LogP contribution >= 0.6 is 0 Å². The van der Waals surface area contributed by atoms with Crippen molar-refractivity contribution >= 4 is 26.4 Å². The number of carbonyl (C=O) groups is 1. The van der Waals surface area contributed by atoms with Gasteiger partial charge in [-0.1, -0.05) is 20.8 Å². The number of hydrogen-bond donors (Lipinski definition) is 4. The third-order valence-electron chi connectivity index (χ3n) is 11.1. The number of carbonyl (C=O) groups excluding carboxylic acids is 1. The van der Waals surface area contributed by atoms with Gasteiger partial charge in [0.05, 0.1) is 18.0 Å². The Morgan fingerprint density at radius 3 is 2.32 bits per heavy atom. The Hall–Kier alpha value is -0.790. The van der Waals surface area contributed by atoms with Crippen LogP contribution in [-0.4, -0.2) is 61.5 Å². The molecule has 0 aromatic rings. The minimum absolute atomic E-state index is 0.00750. The van der Waals surface area contributed by atoms with Crippen LogP contribution in [0.5, 0.6) is 0 Å². The molecule has 0 aromatic carbocycles. The second-order valence-electron chi connectivity index (χ2n) is 13.1. The van der Waals surface area contributed by atoms with Gasteiger partial charge in [-0.15, -0.1) is 0 Å². The first-order valence-electron chi connectivity index (χ1n) is 14.1. The highest BCUT2D eigenvalue weighted by Gasteiger charge is 2.63. The van der Waals surface area contributed by atoms with E-state index >= 15 is 0 Å². The zero-order valence-electron chi connectivity index (χ0n) is 22.7. The SMILES string of the molecule is C[C@H](CCC(=O)NCCS(=O)(=O)O)[C@H]1CCC2C3C(CC[C@@]21C)[C@@]1(C)CC[C@@H](O)C[C@H]1C[C@H]3OS(=O)(=O)O. The Bertz CT molecular complexity index is 1100. The van der Waals surface area contributed by atoms with Crippen LogP contribution in [0.15, 0.2) is 0 Å². The van der Waals surface area contributed by atoms with Gasteiger partial charge in [0.2, 0.25) is 5.91 Å². The van der Waals surface area contributed by atoms with E-state index in [1.807, 2.05) is 0 Å². The van der Waals surface area contributed by atoms with Crippen molar-refractivity contribution in [1.82, 2.24) is 5.32 Å². The van der Waals surface area contributed by atoms with Crippen molar-refractivity contribution in [3.8, 4) is 0 Å². The lowest BCUT2D eigenvalue weighted by Crippen LogP contribution is -2.59. The van der Waals surface area contributed by atoms with Crippen molar-refractivity contribution in [2.45, 2.75) is 97.2 Å². The van der Waals surface area contributed by atoms with E-state index in [0.717, 1.165) is 38.5 Å². The standard InChI is InChI=1S/C26H45NO9S2/c1-16(4-7-23(29)27-12-13-37(30,31)32)19-5-6-20-24-21(9-11-26(19,20)3)25(2)10-8-18(28)14-17(25)15-22(24)36-38(33,34)35/h16-22,24,28H,4-15H2,1-3H3,(H,27,29)(H,30,31,32)(H,33,34,35)/t16-,17+,18-,19-,20?,21?,22-,24?,25+,26-/m1/s1. The maximum atomic E-state index is 12.3. The Kier molecular flexibility index (Phi) is 8.65. The summed E-state index contributed by atoms with van der Waals surface area (Å²) in [6, 6.07) is 0. The van der Waals surface area contributed by atoms with Gasteiger partial charge < -0.3 is 10.4 Å². The second kappa shape index (κ2) is 10.9. The summed E-state index contributed by atoms with van der Waals surface area (Å²) in [5.74, 6) is 0.513. The molecule has 4 aliphatic carbocycles. The number of rotatable bonds is 9. The molecule has 1 amide bonds. The highest BCUT2D eigenvalue weighted by molar-refractivity contribution is 7.85. The van der Waals surface area contributed by atoms with Gasteiger partial charge in [0.1, 0.15) is 0 Å². The predicted molar refractivity (Wildman–Crippen MR) is 141 cm³/mol. The van der Waals surface area contributed by atoms with Crippen LogP contribution in [-0.2, 0) is 29.5 Å². The zero-order valence-corrected chi connectivity index (χ0v) is 24.3. The molecule has 10 atom stereocenters. The summed E-state index contributed by atoms with van der Waals surface area (Å²) in [5, 5.41) is 12.9. The minimum Gasteiger partial charge on any atom is -0.393 e. The van der Waals surface area contributed by atoms with Gasteiger partial charge in [-0.05, 0) is 104 Å². The van der Waals surface area contributed by atoms with Crippen LogP contribution in [0.2, 0.25) is 0 Å². The van der Waals surface area contributed by atoms with Gasteiger partial charge in [0.25, 0.3) is 10.1 Å². The molecule has 0 radical (unpaired) electrons. The molecule has 220 valence electrons. The van der Waals surface area contributed by atoms with Crippen LogP contribution in [0.3, 0.4) is 0 Å². The average Bonchev–Trinajstić information content (AvgIpc) is 3.14. The minimum atomic E-state index is -4.62. The lowest BCUT2D eigenvalue weighted by atomic mass is 9.43. The van der Waals surface area contributed by atoms with E-state index in [9.17, 15) is 31.3 Å². The molecule has 0 heterocycles. The molecule has 0 aromatic heterocycles. The summed E-state index contributed by atoms with van der Waals surface area (Å²) < 4.78 is 69.4. The Balaban J connectivity index is 1.48. The predicted octanol–water partition coefficient (Wildman–Crippen LogP) is 3.22. The molecule has 4 aliphatic rings. The lowest BCUT2D eigenvalue weighted by molar-refractivity contribution is -0.168. The monoisotopic (exact) mass is 579 g/mol. The van der Waals surface area contributed by atoms with Crippen LogP contribution in [0.25, 0.3) is 0 Å². The molecule has 12 heteroatoms. The second-order valence-corrected chi connectivity index (χ2v) is 15.7. The van der Waals surface area contributed by atoms with E-state index in [1.165, 1.54) is 0 Å². The first-order chi connectivity index (χ1) is 17.5. The zero-order chi connectivity index (χ0) is 28.1. The quantitative estimate of drug-likeness (QED) is 0.300. The van der Waals surface area contributed by atoms with Crippen molar-refractivity contribution < 1.29 is 40.0 Å². The van der Waals surface area contributed by atoms with Crippen LogP contribution in [0, 0.1) is 46.3 Å². The van der Waals surface area contributed by atoms with E-state index in [2.05, 4.69) is 26.1 Å². The molecular weight excluding hydrogens is 534 g/mol. The molecule has 4 N–H and O–H groups in total. The highest BCUT2D eigenvalue weighted by atomic mass is 32.3. The Labute approximate surface area is 227 Å². The van der Waals surface area contributed by atoms with Crippen molar-refractivity contribution in [3.05, 3.63) is 0 Å². The summed E-state index contributed by atoms with van der Waals surface area (Å²) in [6.45, 7) is 6.65. The molecule has 3 unspecified atom stereocenters. The van der Waals surface area contributed by atoms with Gasteiger partial charge in [0, 0.05) is 13.0 Å². The van der Waals surface area contributed by atoms with Crippen LogP contribution in [0.4, 0.5) is 0 Å². The molecule has 4 rings (SSSR count). The van der Waals surface area contributed by atoms with Crippen molar-refractivity contribution in [1.29, 1.82) is 0 Å². The number of nitrogens with one attached hydrogen (secondary N) is 1. The van der Waals surface area contributed by atoms with Crippen molar-refractivity contribution in [2.75, 3.05) is 12.3 Å². The summed E-state index contributed by atoms with van der Waals surface area (Å²) >= 11 is 0. The topological polar surface area (TPSA) is 167 Å². The van der Waals surface area contributed by atoms with Crippen LogP contribution in [0.1, 0.15) is 85.0 Å². The van der Waals surface area contributed by atoms with E-state index in [4.69, 9.17) is 8.74 Å². The number of fused-ring (bicyclic) bond motifs is 5. The molecule has 38 heavy (non-hydrogen) atoms. The molecule has 0 bridgehead atoms. The fraction of sp³-hybridized carbons (Fsp3) is 0.962. The Morgan fingerprint density at radius 1 is 1.00 bits per heavy atom. The molecule has 4 fully saturated rings. The normalized spacial score (nSPS) is 42.0. The van der Waals surface area contributed by atoms with E-state index in [0.29, 0.717) is 25.2 Å². The third-order valence-corrected chi connectivity index (χ3v) is 12.4. The van der Waals surface area contributed by atoms with Gasteiger partial charge in [0.15, 0.2) is 0 Å². The maximum Gasteiger partial charge on any atom is 0.397 e. The average molecular weight is 580 g/mol. The maximum absolute atomic E-state index is 12.3. The van der Waals surface area contributed by atoms with E-state index in [1.54, 1.807) is 0 Å². The number of amides is 1. The van der Waals surface area contributed by atoms with Gasteiger partial charge in [-0.25, -0.2) is 4.18 Å². The fourth-order valence-electron chi connectivity index (χ4n) is 9.37. The van der Waals surface area contributed by atoms with Gasteiger partial charge in [-0.2, -0.15) is 16.8 Å². The smallest absolute Gasteiger partial charge is 0.393 e. The number of hydrogen-bond acceptors (Lipinski definition) is 7. The molecule has 0 saturated heterocycles. The first-order valence-corrected chi connectivity index (χ1v) is 17.1. The summed E-state index contributed by atoms with van der Waals surface area (Å²) in [4.78, 5) is 12.3. The highest BCUT2D eigenvalue weighted by Crippen LogP contribution is 2.68. The number of aliphatic hydroxyl groups excluding tert-OH is 1. The molecule has 4 saturated carbocycles. The largest absolute Gasteiger partial charge is 0.397 e. The van der Waals surface area contributed by atoms with E-state index < -0.39 is 32.4 Å². The summed E-state index contributed by atoms with van der Waals surface area (Å²) in [7, 11) is -8.74. The van der Waals surface area contributed by atoms with Crippen molar-refractivity contribution in [3.63, 3.8) is 0 Å². The Morgan fingerprint density at radius 2 is 1.66 bits per heavy atom. The fourth-order valence-corrected chi connectivity index (χ4v) is 10.3. The van der Waals surface area contributed by atoms with Crippen LogP contribution < -0.4 is 5.32 Å². The molecule has 10 nitrogen and oxygen atoms in total. The first kappa shape index (κ1) is 30.2. The van der Waals surface area contributed by atoms with Crippen molar-refractivity contribution in [2.24, 2.45) is 46.3 Å². The van der Waals surface area contributed by atoms with E-state index in [-0.39, 0.29) is 65.4 Å². The van der Waals surface area contributed by atoms with Gasteiger partial charge >= 0.3 is 10.4 Å². The molecular formula is C26H45NO9S2. The lowest BCUT2D eigenvalue weighted by Gasteiger charge is -2.62. The number of aliphatic hydroxyl groups is 1. The third kappa shape index (κ3) is 6.25. The van der Waals surface area contributed by atoms with Gasteiger partial charge in [-0.3, -0.25) is 13.9 Å². The molecule has 0 spiro atoms.